The molecule has 0 fully saturated rings. The maximum Gasteiger partial charge on any atom is 0.159 e. The predicted molar refractivity (Wildman–Crippen MR) is 308 cm³/mol. The van der Waals surface area contributed by atoms with Crippen LogP contribution in [0.15, 0.2) is 296 Å². The number of rotatable bonds is 11. The molecule has 0 saturated carbocycles. The molecule has 12 aromatic carbocycles. The van der Waals surface area contributed by atoms with E-state index in [2.05, 4.69) is 295 Å². The van der Waals surface area contributed by atoms with Gasteiger partial charge in [-0.25, -0.2) is 0 Å². The Morgan fingerprint density at radius 2 is 0.685 bits per heavy atom. The monoisotopic (exact) mass is 932 g/mol. The lowest BCUT2D eigenvalue weighted by Crippen LogP contribution is -2.12. The largest absolute Gasteiger partial charge is 0.454 e. The highest BCUT2D eigenvalue weighted by atomic mass is 16.3. The van der Waals surface area contributed by atoms with Crippen molar-refractivity contribution in [1.29, 1.82) is 0 Å². The second kappa shape index (κ2) is 18.9. The Morgan fingerprint density at radius 3 is 1.41 bits per heavy atom. The highest BCUT2D eigenvalue weighted by Crippen LogP contribution is 2.48. The standard InChI is InChI=1S/C70H48N2O/c1-3-18-49(19-4-1)51-36-38-52(39-37-51)53-42-44-59(45-43-53)71(60-26-15-24-56(47-60)57-41-40-50-20-7-8-23-55(50)46-57)66-32-12-10-29-63(66)58-25-16-27-61(48-58)72(67-33-13-9-28-62(67)54-21-5-2-6-22-54)68-34-17-31-65-64-30-11-14-35-69(64)73-70(65)68/h1-48H. The van der Waals surface area contributed by atoms with Crippen LogP contribution >= 0.6 is 0 Å². The van der Waals surface area contributed by atoms with Gasteiger partial charge < -0.3 is 14.2 Å². The van der Waals surface area contributed by atoms with Crippen molar-refractivity contribution in [2.24, 2.45) is 0 Å². The Balaban J connectivity index is 0.960. The van der Waals surface area contributed by atoms with Crippen molar-refractivity contribution in [2.45, 2.75) is 0 Å². The summed E-state index contributed by atoms with van der Waals surface area (Å²) in [5.41, 5.74) is 19.4. The number of hydrogen-bond acceptors (Lipinski definition) is 3. The Labute approximate surface area is 425 Å². The van der Waals surface area contributed by atoms with Gasteiger partial charge in [-0.2, -0.15) is 0 Å². The Bertz CT molecular complexity index is 4080. The van der Waals surface area contributed by atoms with Crippen molar-refractivity contribution in [1.82, 2.24) is 0 Å². The van der Waals surface area contributed by atoms with E-state index in [1.54, 1.807) is 0 Å². The fourth-order valence-electron chi connectivity index (χ4n) is 10.5. The SMILES string of the molecule is c1ccc(-c2ccc(-c3ccc(N(c4cccc(-c5ccc6ccccc6c5)c4)c4ccccc4-c4cccc(N(c5ccccc5-c5ccccc5)c5cccc6c5oc5ccccc56)c4)cc3)cc2)cc1. The van der Waals surface area contributed by atoms with Crippen LogP contribution in [0.1, 0.15) is 0 Å². The van der Waals surface area contributed by atoms with Gasteiger partial charge in [0.25, 0.3) is 0 Å². The van der Waals surface area contributed by atoms with E-state index in [4.69, 9.17) is 4.42 Å². The van der Waals surface area contributed by atoms with Crippen LogP contribution in [0.4, 0.5) is 34.1 Å². The average molecular weight is 933 g/mol. The van der Waals surface area contributed by atoms with Crippen LogP contribution in [-0.2, 0) is 0 Å². The maximum atomic E-state index is 6.79. The average Bonchev–Trinajstić information content (AvgIpc) is 3.86. The zero-order valence-electron chi connectivity index (χ0n) is 40.0. The van der Waals surface area contributed by atoms with Crippen LogP contribution in [-0.4, -0.2) is 0 Å². The van der Waals surface area contributed by atoms with Crippen molar-refractivity contribution >= 4 is 66.8 Å². The molecule has 0 saturated heterocycles. The highest BCUT2D eigenvalue weighted by Gasteiger charge is 2.24. The second-order valence-corrected chi connectivity index (χ2v) is 18.5. The van der Waals surface area contributed by atoms with Crippen molar-refractivity contribution in [3.05, 3.63) is 291 Å². The summed E-state index contributed by atoms with van der Waals surface area (Å²) in [4.78, 5) is 4.78. The van der Waals surface area contributed by atoms with Crippen molar-refractivity contribution < 1.29 is 4.42 Å². The van der Waals surface area contributed by atoms with Gasteiger partial charge in [0, 0.05) is 39.0 Å². The first-order valence-corrected chi connectivity index (χ1v) is 24.9. The number of fused-ring (bicyclic) bond motifs is 4. The Morgan fingerprint density at radius 1 is 0.233 bits per heavy atom. The van der Waals surface area contributed by atoms with Gasteiger partial charge in [0.05, 0.1) is 17.1 Å². The van der Waals surface area contributed by atoms with E-state index in [1.165, 1.54) is 33.0 Å². The lowest BCUT2D eigenvalue weighted by Gasteiger charge is -2.30. The molecule has 73 heavy (non-hydrogen) atoms. The van der Waals surface area contributed by atoms with Gasteiger partial charge >= 0.3 is 0 Å². The molecule has 1 heterocycles. The molecular formula is C70H48N2O. The molecule has 0 bridgehead atoms. The van der Waals surface area contributed by atoms with Crippen LogP contribution in [0.5, 0.6) is 0 Å². The summed E-state index contributed by atoms with van der Waals surface area (Å²) < 4.78 is 6.79. The first-order chi connectivity index (χ1) is 36.2. The van der Waals surface area contributed by atoms with Crippen LogP contribution < -0.4 is 9.80 Å². The maximum absolute atomic E-state index is 6.79. The number of anilines is 6. The molecule has 13 rings (SSSR count). The zero-order valence-corrected chi connectivity index (χ0v) is 40.0. The number of para-hydroxylation sites is 4. The van der Waals surface area contributed by atoms with Gasteiger partial charge in [-0.05, 0) is 122 Å². The number of furan rings is 1. The topological polar surface area (TPSA) is 19.6 Å². The molecule has 0 amide bonds. The summed E-state index contributed by atoms with van der Waals surface area (Å²) >= 11 is 0. The van der Waals surface area contributed by atoms with Gasteiger partial charge in [-0.1, -0.05) is 224 Å². The van der Waals surface area contributed by atoms with Gasteiger partial charge in [0.15, 0.2) is 5.58 Å². The van der Waals surface area contributed by atoms with Gasteiger partial charge in [-0.3, -0.25) is 0 Å². The van der Waals surface area contributed by atoms with E-state index in [0.717, 1.165) is 89.4 Å². The van der Waals surface area contributed by atoms with E-state index < -0.39 is 0 Å². The molecule has 0 radical (unpaired) electrons. The fourth-order valence-corrected chi connectivity index (χ4v) is 10.5. The van der Waals surface area contributed by atoms with E-state index in [-0.39, 0.29) is 0 Å². The molecule has 13 aromatic rings. The van der Waals surface area contributed by atoms with Crippen LogP contribution in [0, 0.1) is 0 Å². The zero-order chi connectivity index (χ0) is 48.5. The van der Waals surface area contributed by atoms with E-state index in [9.17, 15) is 0 Å². The summed E-state index contributed by atoms with van der Waals surface area (Å²) in [5.74, 6) is 0. The second-order valence-electron chi connectivity index (χ2n) is 18.5. The summed E-state index contributed by atoms with van der Waals surface area (Å²) in [6.07, 6.45) is 0. The van der Waals surface area contributed by atoms with E-state index >= 15 is 0 Å². The predicted octanol–water partition coefficient (Wildman–Crippen LogP) is 20.0. The first-order valence-electron chi connectivity index (χ1n) is 24.9. The lowest BCUT2D eigenvalue weighted by molar-refractivity contribution is 0.669. The Kier molecular flexibility index (Phi) is 11.2. The normalized spacial score (nSPS) is 11.3. The third kappa shape index (κ3) is 8.29. The van der Waals surface area contributed by atoms with Crippen LogP contribution in [0.3, 0.4) is 0 Å². The molecule has 0 N–H and O–H groups in total. The quantitative estimate of drug-likeness (QED) is 0.129. The summed E-state index contributed by atoms with van der Waals surface area (Å²) in [6, 6.07) is 105. The van der Waals surface area contributed by atoms with Crippen molar-refractivity contribution in [3.63, 3.8) is 0 Å². The molecule has 1 aromatic heterocycles. The minimum absolute atomic E-state index is 0.838. The van der Waals surface area contributed by atoms with Crippen LogP contribution in [0.25, 0.3) is 88.3 Å². The molecule has 3 nitrogen and oxygen atoms in total. The summed E-state index contributed by atoms with van der Waals surface area (Å²) in [6.45, 7) is 0. The minimum atomic E-state index is 0.838. The molecule has 0 spiro atoms. The smallest absolute Gasteiger partial charge is 0.159 e. The van der Waals surface area contributed by atoms with Crippen LogP contribution in [0.2, 0.25) is 0 Å². The summed E-state index contributed by atoms with van der Waals surface area (Å²) in [7, 11) is 0. The molecule has 0 unspecified atom stereocenters. The van der Waals surface area contributed by atoms with E-state index in [0.29, 0.717) is 0 Å². The molecular weight excluding hydrogens is 885 g/mol. The molecule has 0 aliphatic carbocycles. The molecule has 0 aliphatic heterocycles. The third-order valence-corrected chi connectivity index (χ3v) is 14.1. The summed E-state index contributed by atoms with van der Waals surface area (Å²) in [5, 5.41) is 4.62. The molecule has 344 valence electrons. The van der Waals surface area contributed by atoms with Gasteiger partial charge in [0.2, 0.25) is 0 Å². The lowest BCUT2D eigenvalue weighted by atomic mass is 9.97. The minimum Gasteiger partial charge on any atom is -0.454 e. The molecule has 0 atom stereocenters. The van der Waals surface area contributed by atoms with Gasteiger partial charge in [0.1, 0.15) is 5.58 Å². The molecule has 0 aliphatic rings. The Hall–Kier alpha value is -9.70. The number of nitrogens with zero attached hydrogens (tertiary/aromatic N) is 2. The van der Waals surface area contributed by atoms with Crippen molar-refractivity contribution in [2.75, 3.05) is 9.80 Å². The first kappa shape index (κ1) is 43.3. The number of hydrogen-bond donors (Lipinski definition) is 0. The fraction of sp³-hybridized carbons (Fsp3) is 0. The van der Waals surface area contributed by atoms with Gasteiger partial charge in [-0.15, -0.1) is 0 Å². The van der Waals surface area contributed by atoms with E-state index in [1.807, 2.05) is 6.07 Å². The number of benzene rings is 12. The third-order valence-electron chi connectivity index (χ3n) is 14.1. The molecule has 3 heteroatoms. The highest BCUT2D eigenvalue weighted by molar-refractivity contribution is 6.11. The van der Waals surface area contributed by atoms with Crippen molar-refractivity contribution in [3.8, 4) is 55.6 Å².